The van der Waals surface area contributed by atoms with Crippen molar-refractivity contribution in [1.82, 2.24) is 27.4 Å². The highest BCUT2D eigenvalue weighted by atomic mass is 35.5. The number of fused-ring (bicyclic) bond motifs is 1. The first-order valence-electron chi connectivity index (χ1n) is 37.6. The minimum absolute atomic E-state index is 0.531. The lowest BCUT2D eigenvalue weighted by Gasteiger charge is -2.29. The fourth-order valence-electron chi connectivity index (χ4n) is 16.0. The summed E-state index contributed by atoms with van der Waals surface area (Å²) in [6, 6.07) is 99.8. The van der Waals surface area contributed by atoms with Gasteiger partial charge >= 0.3 is 0 Å². The molecular weight excluding hydrogens is 1650 g/mol. The van der Waals surface area contributed by atoms with Gasteiger partial charge in [-0.1, -0.05) is 286 Å². The maximum atomic E-state index is 6.91. The molecule has 0 bridgehead atoms. The van der Waals surface area contributed by atoms with E-state index in [4.69, 9.17) is 116 Å². The second-order valence-electron chi connectivity index (χ2n) is 28.8. The molecule has 19 rings (SSSR count). The molecule has 6 heterocycles. The topological polar surface area (TPSA) is 29.6 Å². The van der Waals surface area contributed by atoms with Crippen molar-refractivity contribution >= 4 is 127 Å². The Morgan fingerprint density at radius 2 is 0.359 bits per heavy atom. The molecule has 6 nitrogen and oxygen atoms in total. The number of hydrogen-bond acceptors (Lipinski definition) is 0. The van der Waals surface area contributed by atoms with Crippen molar-refractivity contribution in [2.24, 2.45) is 0 Å². The van der Waals surface area contributed by atoms with Gasteiger partial charge in [-0.15, -0.1) is 0 Å². The molecule has 0 aliphatic heterocycles. The second kappa shape index (κ2) is 32.0. The summed E-state index contributed by atoms with van der Waals surface area (Å²) in [6.45, 7) is 0.531. The van der Waals surface area contributed by atoms with Crippen molar-refractivity contribution in [3.8, 4) is 151 Å². The molecule has 6 aromatic heterocycles. The fourth-order valence-corrected chi connectivity index (χ4v) is 17.3. The largest absolute Gasteiger partial charge is 0.342 e. The van der Waals surface area contributed by atoms with E-state index in [0.717, 1.165) is 167 Å². The van der Waals surface area contributed by atoms with Crippen molar-refractivity contribution in [3.63, 3.8) is 0 Å². The molecule has 0 amide bonds. The molecule has 0 saturated heterocycles. The fraction of sp³-hybridized carbons (Fsp3) is 0.00990. The first-order valence-corrected chi connectivity index (χ1v) is 41.4. The van der Waals surface area contributed by atoms with E-state index in [1.165, 1.54) is 0 Å². The first-order chi connectivity index (χ1) is 57.0. The molecule has 0 spiro atoms. The summed E-state index contributed by atoms with van der Waals surface area (Å²) in [5.41, 5.74) is 25.9. The van der Waals surface area contributed by atoms with E-state index in [1.54, 1.807) is 0 Å². The normalized spacial score (nSPS) is 11.5. The monoisotopic (exact) mass is 1710 g/mol. The van der Waals surface area contributed by atoms with Crippen molar-refractivity contribution in [1.29, 1.82) is 0 Å². The maximum Gasteiger partial charge on any atom is 0.0980 e. The number of para-hydroxylation sites is 1. The van der Waals surface area contributed by atoms with E-state index >= 15 is 0 Å². The highest BCUT2D eigenvalue weighted by molar-refractivity contribution is 6.34. The number of hydrogen-bond donors (Lipinski definition) is 0. The number of halogens is 10. The van der Waals surface area contributed by atoms with Crippen molar-refractivity contribution < 1.29 is 0 Å². The third-order valence-corrected chi connectivity index (χ3v) is 24.1. The Morgan fingerprint density at radius 3 is 0.581 bits per heavy atom. The molecule has 566 valence electrons. The molecule has 16 heteroatoms. The van der Waals surface area contributed by atoms with Gasteiger partial charge in [0.05, 0.1) is 28.4 Å². The van der Waals surface area contributed by atoms with Gasteiger partial charge in [-0.05, 0) is 189 Å². The number of nitrogens with zero attached hydrogens (tertiary/aromatic N) is 6. The predicted molar refractivity (Wildman–Crippen MR) is 494 cm³/mol. The van der Waals surface area contributed by atoms with Crippen molar-refractivity contribution in [3.05, 3.63) is 421 Å². The quantitative estimate of drug-likeness (QED) is 0.0820. The zero-order valence-electron chi connectivity index (χ0n) is 61.8. The Hall–Kier alpha value is -11.3. The SMILES string of the molecule is Clc1ccc(-c2cn(-c3c(-c4cn(Cc5ccccc5)c5ccccc45)c(-n4cc(-c5ccc(Cl)cc5)c(-c5ccc(Cl)cc5)c4)c(-n4cc(-c5ccc(Cl)cc5)c(-c5ccc(Cl)cc5)c4)c(-n4cc(-c5ccc(Cl)cc5)c(-c5ccc(Cl)cc5)c4)c3-n3cc(-c4ccc(Cl)cc4)c(-c4ccc(Cl)cc4)c3)cc2-c2ccc(Cl)cc2)cc1. The summed E-state index contributed by atoms with van der Waals surface area (Å²) < 4.78 is 14.0. The van der Waals surface area contributed by atoms with Crippen LogP contribution in [0.3, 0.4) is 0 Å². The van der Waals surface area contributed by atoms with Crippen LogP contribution in [0.5, 0.6) is 0 Å². The van der Waals surface area contributed by atoms with Crippen LogP contribution in [0.15, 0.2) is 365 Å². The molecule has 19 aromatic rings. The lowest BCUT2D eigenvalue weighted by Crippen LogP contribution is -2.16. The zero-order chi connectivity index (χ0) is 79.7. The average Bonchev–Trinajstić information content (AvgIpc) is 1.58. The summed E-state index contributed by atoms with van der Waals surface area (Å²) in [4.78, 5) is 0. The molecule has 0 radical (unpaired) electrons. The molecule has 0 N–H and O–H groups in total. The van der Waals surface area contributed by atoms with E-state index in [9.17, 15) is 0 Å². The van der Waals surface area contributed by atoms with E-state index in [0.29, 0.717) is 56.8 Å². The Labute approximate surface area is 726 Å². The Kier molecular flexibility index (Phi) is 20.7. The van der Waals surface area contributed by atoms with Crippen LogP contribution < -0.4 is 0 Å². The Bertz CT molecular complexity index is 6310. The van der Waals surface area contributed by atoms with Crippen LogP contribution >= 0.6 is 116 Å². The van der Waals surface area contributed by atoms with Crippen molar-refractivity contribution in [2.45, 2.75) is 6.54 Å². The van der Waals surface area contributed by atoms with Gasteiger partial charge in [0.1, 0.15) is 0 Å². The number of aromatic nitrogens is 6. The summed E-state index contributed by atoms with van der Waals surface area (Å²) in [6.07, 6.45) is 25.0. The minimum Gasteiger partial charge on any atom is -0.342 e. The molecule has 0 unspecified atom stereocenters. The third kappa shape index (κ3) is 15.0. The van der Waals surface area contributed by atoms with Crippen LogP contribution in [0.25, 0.3) is 162 Å². The molecule has 0 fully saturated rings. The van der Waals surface area contributed by atoms with E-state index < -0.39 is 0 Å². The van der Waals surface area contributed by atoms with E-state index in [-0.39, 0.29) is 0 Å². The summed E-state index contributed by atoms with van der Waals surface area (Å²) >= 11 is 69.1. The lowest BCUT2D eigenvalue weighted by atomic mass is 9.95. The van der Waals surface area contributed by atoms with Gasteiger partial charge < -0.3 is 27.4 Å². The highest BCUT2D eigenvalue weighted by Crippen LogP contribution is 2.54. The maximum absolute atomic E-state index is 6.91. The van der Waals surface area contributed by atoms with Gasteiger partial charge in [0, 0.05) is 203 Å². The molecule has 0 aliphatic carbocycles. The van der Waals surface area contributed by atoms with Crippen LogP contribution in [-0.4, -0.2) is 27.4 Å². The van der Waals surface area contributed by atoms with Gasteiger partial charge in [-0.2, -0.15) is 0 Å². The Balaban J connectivity index is 1.11. The predicted octanol–water partition coefficient (Wildman–Crippen LogP) is 32.5. The molecule has 0 aliphatic rings. The molecule has 0 saturated carbocycles. The van der Waals surface area contributed by atoms with Gasteiger partial charge in [0.15, 0.2) is 0 Å². The van der Waals surface area contributed by atoms with E-state index in [2.05, 4.69) is 271 Å². The second-order valence-corrected chi connectivity index (χ2v) is 33.2. The molecule has 117 heavy (non-hydrogen) atoms. The van der Waals surface area contributed by atoms with Crippen LogP contribution in [-0.2, 0) is 6.54 Å². The van der Waals surface area contributed by atoms with Gasteiger partial charge in [0.25, 0.3) is 0 Å². The summed E-state index contributed by atoms with van der Waals surface area (Å²) in [5.74, 6) is 0. The molecule has 13 aromatic carbocycles. The highest BCUT2D eigenvalue weighted by Gasteiger charge is 2.36. The minimum atomic E-state index is 0.531. The van der Waals surface area contributed by atoms with Crippen LogP contribution in [0, 0.1) is 0 Å². The number of benzene rings is 13. The molecule has 0 atom stereocenters. The van der Waals surface area contributed by atoms with E-state index in [1.807, 2.05) is 121 Å². The summed E-state index contributed by atoms with van der Waals surface area (Å²) in [7, 11) is 0. The van der Waals surface area contributed by atoms with Gasteiger partial charge in [0.2, 0.25) is 0 Å². The standard InChI is InChI=1S/C101H62Cl10N6/c102-73-30-10-63(11-31-73)84-51-113(52-85(84)64-12-32-74(103)33-13-64)97-96(94-61-112(50-62-6-2-1-3-7-62)95-9-5-4-8-83(94)95)98(114-53-86(65-14-34-75(104)35-15-65)87(54-114)66-16-36-76(105)37-17-66)100(116-57-90(69-22-42-79(108)43-23-69)91(58-116)70-24-44-80(109)45-25-70)101(117-59-92(71-26-46-81(110)47-27-71)93(60-117)72-28-48-82(111)49-29-72)99(97)115-55-88(67-18-38-77(106)39-19-67)89(56-115)68-20-40-78(107)41-21-68/h1-49,51-61H,50H2. The average molecular weight is 1710 g/mol. The Morgan fingerprint density at radius 1 is 0.171 bits per heavy atom. The smallest absolute Gasteiger partial charge is 0.0980 e. The third-order valence-electron chi connectivity index (χ3n) is 21.6. The molecular formula is C101H62Cl10N6. The van der Waals surface area contributed by atoms with Crippen molar-refractivity contribution in [2.75, 3.05) is 0 Å². The van der Waals surface area contributed by atoms with Crippen LogP contribution in [0.2, 0.25) is 50.2 Å². The first kappa shape index (κ1) is 75.7. The summed E-state index contributed by atoms with van der Waals surface area (Å²) in [5, 5.41) is 6.95. The van der Waals surface area contributed by atoms with Gasteiger partial charge in [-0.3, -0.25) is 0 Å². The van der Waals surface area contributed by atoms with Crippen LogP contribution in [0.4, 0.5) is 0 Å². The van der Waals surface area contributed by atoms with Gasteiger partial charge in [-0.25, -0.2) is 0 Å². The zero-order valence-corrected chi connectivity index (χ0v) is 69.4. The number of rotatable bonds is 18. The lowest BCUT2D eigenvalue weighted by molar-refractivity contribution is 0.837. The van der Waals surface area contributed by atoms with Crippen LogP contribution in [0.1, 0.15) is 5.56 Å².